The molecule has 0 saturated carbocycles. The number of piperidine rings is 2. The van der Waals surface area contributed by atoms with Crippen molar-refractivity contribution in [2.24, 2.45) is 0 Å². The van der Waals surface area contributed by atoms with Crippen LogP contribution in [0.2, 0.25) is 0 Å². The van der Waals surface area contributed by atoms with E-state index in [1.807, 2.05) is 24.3 Å². The zero-order valence-corrected chi connectivity index (χ0v) is 16.6. The quantitative estimate of drug-likeness (QED) is 0.732. The first-order chi connectivity index (χ1) is 12.2. The van der Waals surface area contributed by atoms with Crippen LogP contribution in [0.1, 0.15) is 48.9 Å². The third-order valence-electron chi connectivity index (χ3n) is 5.51. The predicted octanol–water partition coefficient (Wildman–Crippen LogP) is 3.52. The second kappa shape index (κ2) is 9.70. The number of amides is 1. The zero-order chi connectivity index (χ0) is 17.5. The maximum absolute atomic E-state index is 12.1. The fraction of sp³-hybridized carbons (Fsp3) is 0.650. The molecule has 0 atom stereocenters. The number of hydrogen-bond acceptors (Lipinski definition) is 3. The number of carbonyl (C=O) groups is 1. The van der Waals surface area contributed by atoms with Crippen molar-refractivity contribution in [3.05, 3.63) is 34.3 Å². The highest BCUT2D eigenvalue weighted by atomic mass is 79.9. The van der Waals surface area contributed by atoms with E-state index in [2.05, 4.69) is 31.0 Å². The van der Waals surface area contributed by atoms with Gasteiger partial charge in [-0.25, -0.2) is 0 Å². The van der Waals surface area contributed by atoms with Gasteiger partial charge >= 0.3 is 0 Å². The fourth-order valence-corrected chi connectivity index (χ4v) is 4.26. The van der Waals surface area contributed by atoms with E-state index >= 15 is 0 Å². The van der Waals surface area contributed by atoms with Crippen LogP contribution in [-0.4, -0.2) is 61.0 Å². The molecule has 2 saturated heterocycles. The van der Waals surface area contributed by atoms with Crippen LogP contribution in [0.5, 0.6) is 0 Å². The van der Waals surface area contributed by atoms with E-state index < -0.39 is 0 Å². The van der Waals surface area contributed by atoms with Gasteiger partial charge in [0.1, 0.15) is 0 Å². The van der Waals surface area contributed by atoms with Gasteiger partial charge in [0.25, 0.3) is 5.91 Å². The number of hydrogen-bond donors (Lipinski definition) is 1. The lowest BCUT2D eigenvalue weighted by Crippen LogP contribution is -2.47. The summed E-state index contributed by atoms with van der Waals surface area (Å²) in [5.41, 5.74) is 0.727. The lowest BCUT2D eigenvalue weighted by atomic mass is 10.00. The van der Waals surface area contributed by atoms with E-state index in [4.69, 9.17) is 0 Å². The summed E-state index contributed by atoms with van der Waals surface area (Å²) in [6, 6.07) is 8.33. The van der Waals surface area contributed by atoms with Crippen molar-refractivity contribution < 1.29 is 4.79 Å². The summed E-state index contributed by atoms with van der Waals surface area (Å²) in [7, 11) is 0. The maximum atomic E-state index is 12.1. The van der Waals surface area contributed by atoms with Gasteiger partial charge in [0.2, 0.25) is 0 Å². The Kier molecular flexibility index (Phi) is 7.32. The Balaban J connectivity index is 1.29. The predicted molar refractivity (Wildman–Crippen MR) is 106 cm³/mol. The highest BCUT2D eigenvalue weighted by molar-refractivity contribution is 9.10. The van der Waals surface area contributed by atoms with E-state index in [1.165, 1.54) is 58.3 Å². The Morgan fingerprint density at radius 1 is 1.04 bits per heavy atom. The minimum absolute atomic E-state index is 0.0244. The van der Waals surface area contributed by atoms with E-state index in [9.17, 15) is 4.79 Å². The molecule has 0 radical (unpaired) electrons. The van der Waals surface area contributed by atoms with E-state index in [0.717, 1.165) is 35.6 Å². The lowest BCUT2D eigenvalue weighted by Gasteiger charge is -2.40. The maximum Gasteiger partial charge on any atom is 0.251 e. The molecule has 1 aromatic rings. The SMILES string of the molecule is O=C(NCCCN1CCC(N2CCCCC2)CC1)c1ccc(Br)cc1. The molecule has 0 aliphatic carbocycles. The minimum Gasteiger partial charge on any atom is -0.352 e. The summed E-state index contributed by atoms with van der Waals surface area (Å²) >= 11 is 3.39. The van der Waals surface area contributed by atoms with Crippen molar-refractivity contribution in [3.8, 4) is 0 Å². The van der Waals surface area contributed by atoms with Crippen molar-refractivity contribution in [2.75, 3.05) is 39.3 Å². The first kappa shape index (κ1) is 18.9. The molecule has 2 aliphatic rings. The average Bonchev–Trinajstić information content (AvgIpc) is 2.67. The lowest BCUT2D eigenvalue weighted by molar-refractivity contribution is 0.0903. The zero-order valence-electron chi connectivity index (χ0n) is 15.1. The Bertz CT molecular complexity index is 534. The standard InChI is InChI=1S/C20H30BrN3O/c21-18-7-5-17(6-8-18)20(25)22-11-4-12-23-15-9-19(10-16-23)24-13-2-1-3-14-24/h5-8,19H,1-4,9-16H2,(H,22,25). The molecule has 5 heteroatoms. The molecular weight excluding hydrogens is 378 g/mol. The topological polar surface area (TPSA) is 35.6 Å². The molecule has 138 valence electrons. The second-order valence-electron chi connectivity index (χ2n) is 7.29. The first-order valence-corrected chi connectivity index (χ1v) is 10.5. The minimum atomic E-state index is 0.0244. The van der Waals surface area contributed by atoms with Gasteiger partial charge in [-0.3, -0.25) is 4.79 Å². The second-order valence-corrected chi connectivity index (χ2v) is 8.20. The Hall–Kier alpha value is -0.910. The fourth-order valence-electron chi connectivity index (χ4n) is 4.00. The number of halogens is 1. The third kappa shape index (κ3) is 5.80. The van der Waals surface area contributed by atoms with Gasteiger partial charge in [-0.1, -0.05) is 22.4 Å². The van der Waals surface area contributed by atoms with Gasteiger partial charge in [0, 0.05) is 22.6 Å². The highest BCUT2D eigenvalue weighted by Crippen LogP contribution is 2.20. The highest BCUT2D eigenvalue weighted by Gasteiger charge is 2.25. The summed E-state index contributed by atoms with van der Waals surface area (Å²) in [6.45, 7) is 6.89. The molecule has 0 unspecified atom stereocenters. The number of nitrogens with one attached hydrogen (secondary N) is 1. The monoisotopic (exact) mass is 407 g/mol. The third-order valence-corrected chi connectivity index (χ3v) is 6.04. The molecule has 0 aromatic heterocycles. The van der Waals surface area contributed by atoms with Gasteiger partial charge in [0.15, 0.2) is 0 Å². The molecule has 4 nitrogen and oxygen atoms in total. The molecular formula is C20H30BrN3O. The Morgan fingerprint density at radius 2 is 1.72 bits per heavy atom. The summed E-state index contributed by atoms with van der Waals surface area (Å²) in [5.74, 6) is 0.0244. The summed E-state index contributed by atoms with van der Waals surface area (Å²) in [4.78, 5) is 17.4. The van der Waals surface area contributed by atoms with Crippen molar-refractivity contribution in [3.63, 3.8) is 0 Å². The molecule has 2 heterocycles. The van der Waals surface area contributed by atoms with E-state index in [1.54, 1.807) is 0 Å². The molecule has 25 heavy (non-hydrogen) atoms. The smallest absolute Gasteiger partial charge is 0.251 e. The van der Waals surface area contributed by atoms with Crippen LogP contribution in [0.3, 0.4) is 0 Å². The van der Waals surface area contributed by atoms with Crippen molar-refractivity contribution in [2.45, 2.75) is 44.6 Å². The molecule has 3 rings (SSSR count). The Morgan fingerprint density at radius 3 is 2.40 bits per heavy atom. The van der Waals surface area contributed by atoms with Gasteiger partial charge in [-0.15, -0.1) is 0 Å². The van der Waals surface area contributed by atoms with Crippen molar-refractivity contribution >= 4 is 21.8 Å². The number of nitrogens with zero attached hydrogens (tertiary/aromatic N) is 2. The van der Waals surface area contributed by atoms with Gasteiger partial charge in [0.05, 0.1) is 0 Å². The van der Waals surface area contributed by atoms with Crippen molar-refractivity contribution in [1.29, 1.82) is 0 Å². The van der Waals surface area contributed by atoms with E-state index in [0.29, 0.717) is 0 Å². The largest absolute Gasteiger partial charge is 0.352 e. The molecule has 1 N–H and O–H groups in total. The Labute approximate surface area is 160 Å². The molecule has 0 spiro atoms. The number of likely N-dealkylation sites (tertiary alicyclic amines) is 2. The molecule has 1 amide bonds. The number of carbonyl (C=O) groups excluding carboxylic acids is 1. The molecule has 0 bridgehead atoms. The summed E-state index contributed by atoms with van der Waals surface area (Å²) < 4.78 is 0.997. The number of benzene rings is 1. The van der Waals surface area contributed by atoms with Crippen LogP contribution in [-0.2, 0) is 0 Å². The van der Waals surface area contributed by atoms with Crippen LogP contribution in [0, 0.1) is 0 Å². The van der Waals surface area contributed by atoms with Gasteiger partial charge < -0.3 is 15.1 Å². The molecule has 2 fully saturated rings. The molecule has 2 aliphatic heterocycles. The van der Waals surface area contributed by atoms with Crippen LogP contribution < -0.4 is 5.32 Å². The van der Waals surface area contributed by atoms with Gasteiger partial charge in [-0.05, 0) is 89.1 Å². The first-order valence-electron chi connectivity index (χ1n) is 9.72. The van der Waals surface area contributed by atoms with Crippen LogP contribution in [0.15, 0.2) is 28.7 Å². The van der Waals surface area contributed by atoms with Crippen LogP contribution in [0.25, 0.3) is 0 Å². The number of rotatable bonds is 6. The normalized spacial score (nSPS) is 20.5. The van der Waals surface area contributed by atoms with Crippen molar-refractivity contribution in [1.82, 2.24) is 15.1 Å². The van der Waals surface area contributed by atoms with Crippen LogP contribution in [0.4, 0.5) is 0 Å². The summed E-state index contributed by atoms with van der Waals surface area (Å²) in [5, 5.41) is 3.03. The average molecular weight is 408 g/mol. The molecule has 1 aromatic carbocycles. The van der Waals surface area contributed by atoms with E-state index in [-0.39, 0.29) is 5.91 Å². The summed E-state index contributed by atoms with van der Waals surface area (Å²) in [6.07, 6.45) is 7.84. The van der Waals surface area contributed by atoms with Crippen LogP contribution >= 0.6 is 15.9 Å². The van der Waals surface area contributed by atoms with Gasteiger partial charge in [-0.2, -0.15) is 0 Å².